The third-order valence-corrected chi connectivity index (χ3v) is 3.82. The molecule has 0 bridgehead atoms. The molecule has 0 unspecified atom stereocenters. The van der Waals surface area contributed by atoms with Gasteiger partial charge in [0.2, 0.25) is 0 Å². The Bertz CT molecular complexity index is 660. The van der Waals surface area contributed by atoms with Gasteiger partial charge in [0.05, 0.1) is 0 Å². The Balaban J connectivity index is 2.00. The smallest absolute Gasteiger partial charge is 0.265 e. The largest absolute Gasteiger partial charge is 0.481 e. The molecule has 0 aliphatic rings. The minimum atomic E-state index is -0.607. The van der Waals surface area contributed by atoms with Crippen molar-refractivity contribution >= 4 is 39.1 Å². The molecule has 0 spiro atoms. The third-order valence-electron chi connectivity index (χ3n) is 2.90. The summed E-state index contributed by atoms with van der Waals surface area (Å²) in [5, 5.41) is 3.48. The van der Waals surface area contributed by atoms with Gasteiger partial charge >= 0.3 is 0 Å². The lowest BCUT2D eigenvalue weighted by molar-refractivity contribution is -0.122. The number of carbonyl (C=O) groups excluding carboxylic acids is 1. The molecule has 2 rings (SSSR count). The molecule has 2 aromatic carbocycles. The maximum atomic E-state index is 12.1. The lowest BCUT2D eigenvalue weighted by Crippen LogP contribution is -2.30. The summed E-state index contributed by atoms with van der Waals surface area (Å²) >= 11 is 9.33. The van der Waals surface area contributed by atoms with E-state index in [0.29, 0.717) is 10.8 Å². The van der Waals surface area contributed by atoms with Gasteiger partial charge in [-0.1, -0.05) is 33.6 Å². The minimum absolute atomic E-state index is 0.208. The van der Waals surface area contributed by atoms with Gasteiger partial charge in [0.1, 0.15) is 5.75 Å². The molecule has 110 valence electrons. The summed E-state index contributed by atoms with van der Waals surface area (Å²) in [5.74, 6) is 0.412. The van der Waals surface area contributed by atoms with Gasteiger partial charge in [-0.25, -0.2) is 0 Å². The Labute approximate surface area is 137 Å². The van der Waals surface area contributed by atoms with E-state index in [1.165, 1.54) is 0 Å². The summed E-state index contributed by atoms with van der Waals surface area (Å²) in [7, 11) is 0. The number of anilines is 1. The lowest BCUT2D eigenvalue weighted by Gasteiger charge is -2.15. The van der Waals surface area contributed by atoms with Gasteiger partial charge in [-0.2, -0.15) is 0 Å². The molecule has 3 nitrogen and oxygen atoms in total. The van der Waals surface area contributed by atoms with Crippen LogP contribution in [0.5, 0.6) is 5.75 Å². The first-order valence-corrected chi connectivity index (χ1v) is 7.62. The fourth-order valence-corrected chi connectivity index (χ4v) is 2.28. The second-order valence-corrected chi connectivity index (χ2v) is 5.99. The molecule has 0 heterocycles. The summed E-state index contributed by atoms with van der Waals surface area (Å²) in [4.78, 5) is 12.1. The van der Waals surface area contributed by atoms with E-state index in [2.05, 4.69) is 21.2 Å². The van der Waals surface area contributed by atoms with E-state index in [0.717, 1.165) is 15.7 Å². The number of ether oxygens (including phenoxy) is 1. The summed E-state index contributed by atoms with van der Waals surface area (Å²) in [5.41, 5.74) is 1.63. The second-order valence-electron chi connectivity index (χ2n) is 4.67. The van der Waals surface area contributed by atoms with Crippen molar-refractivity contribution in [1.82, 2.24) is 0 Å². The predicted molar refractivity (Wildman–Crippen MR) is 89.1 cm³/mol. The first-order valence-electron chi connectivity index (χ1n) is 6.45. The number of nitrogens with one attached hydrogen (secondary N) is 1. The van der Waals surface area contributed by atoms with Gasteiger partial charge in [0, 0.05) is 15.2 Å². The molecule has 1 N–H and O–H groups in total. The fourth-order valence-electron chi connectivity index (χ4n) is 1.76. The average molecular weight is 369 g/mol. The Hall–Kier alpha value is -1.52. The zero-order chi connectivity index (χ0) is 15.4. The van der Waals surface area contributed by atoms with Crippen molar-refractivity contribution < 1.29 is 9.53 Å². The van der Waals surface area contributed by atoms with E-state index >= 15 is 0 Å². The van der Waals surface area contributed by atoms with Crippen molar-refractivity contribution in [3.05, 3.63) is 57.5 Å². The van der Waals surface area contributed by atoms with Gasteiger partial charge in [-0.3, -0.25) is 4.79 Å². The summed E-state index contributed by atoms with van der Waals surface area (Å²) in [6.07, 6.45) is -0.607. The number of hydrogen-bond acceptors (Lipinski definition) is 2. The van der Waals surface area contributed by atoms with Crippen LogP contribution in [0, 0.1) is 6.92 Å². The maximum Gasteiger partial charge on any atom is 0.265 e. The number of halogens is 2. The monoisotopic (exact) mass is 367 g/mol. The van der Waals surface area contributed by atoms with Crippen LogP contribution in [-0.2, 0) is 4.79 Å². The standard InChI is InChI=1S/C16H15BrClNO2/c1-10-8-14(6-7-15(10)18)21-11(2)16(20)19-13-5-3-4-12(17)9-13/h3-9,11H,1-2H3,(H,19,20)/t11-/m1/s1. The van der Waals surface area contributed by atoms with Crippen molar-refractivity contribution in [2.24, 2.45) is 0 Å². The molecule has 1 atom stereocenters. The highest BCUT2D eigenvalue weighted by Gasteiger charge is 2.15. The molecule has 0 aromatic heterocycles. The molecule has 2 aromatic rings. The molecule has 1 amide bonds. The van der Waals surface area contributed by atoms with Crippen molar-refractivity contribution in [2.45, 2.75) is 20.0 Å². The van der Waals surface area contributed by atoms with Crippen molar-refractivity contribution in [3.8, 4) is 5.75 Å². The number of benzene rings is 2. The van der Waals surface area contributed by atoms with Gasteiger partial charge in [0.15, 0.2) is 6.10 Å². The Morgan fingerprint density at radius 2 is 2.05 bits per heavy atom. The topological polar surface area (TPSA) is 38.3 Å². The first-order chi connectivity index (χ1) is 9.95. The van der Waals surface area contributed by atoms with Crippen LogP contribution in [0.3, 0.4) is 0 Å². The van der Waals surface area contributed by atoms with Gasteiger partial charge < -0.3 is 10.1 Å². The van der Waals surface area contributed by atoms with Crippen LogP contribution in [-0.4, -0.2) is 12.0 Å². The molecular formula is C16H15BrClNO2. The normalized spacial score (nSPS) is 11.8. The Morgan fingerprint density at radius 3 is 2.71 bits per heavy atom. The molecule has 0 aliphatic heterocycles. The van der Waals surface area contributed by atoms with Crippen molar-refractivity contribution in [1.29, 1.82) is 0 Å². The van der Waals surface area contributed by atoms with E-state index in [-0.39, 0.29) is 5.91 Å². The van der Waals surface area contributed by atoms with Crippen LogP contribution in [0.2, 0.25) is 5.02 Å². The summed E-state index contributed by atoms with van der Waals surface area (Å²) < 4.78 is 6.54. The van der Waals surface area contributed by atoms with Gasteiger partial charge in [-0.15, -0.1) is 0 Å². The Morgan fingerprint density at radius 1 is 1.29 bits per heavy atom. The van der Waals surface area contributed by atoms with E-state index < -0.39 is 6.10 Å². The first kappa shape index (κ1) is 15.9. The number of hydrogen-bond donors (Lipinski definition) is 1. The number of rotatable bonds is 4. The van der Waals surface area contributed by atoms with E-state index in [1.54, 1.807) is 19.1 Å². The molecule has 0 fully saturated rings. The zero-order valence-corrected chi connectivity index (χ0v) is 14.0. The average Bonchev–Trinajstić information content (AvgIpc) is 2.43. The summed E-state index contributed by atoms with van der Waals surface area (Å²) in [6.45, 7) is 3.60. The zero-order valence-electron chi connectivity index (χ0n) is 11.7. The Kier molecular flexibility index (Phi) is 5.26. The molecule has 0 radical (unpaired) electrons. The van der Waals surface area contributed by atoms with Crippen LogP contribution in [0.4, 0.5) is 5.69 Å². The highest BCUT2D eigenvalue weighted by molar-refractivity contribution is 9.10. The molecular weight excluding hydrogens is 354 g/mol. The van der Waals surface area contributed by atoms with Crippen molar-refractivity contribution in [3.63, 3.8) is 0 Å². The quantitative estimate of drug-likeness (QED) is 0.840. The minimum Gasteiger partial charge on any atom is -0.481 e. The van der Waals surface area contributed by atoms with E-state index in [4.69, 9.17) is 16.3 Å². The molecule has 21 heavy (non-hydrogen) atoms. The van der Waals surface area contributed by atoms with E-state index in [9.17, 15) is 4.79 Å². The van der Waals surface area contributed by atoms with Crippen molar-refractivity contribution in [2.75, 3.05) is 5.32 Å². The maximum absolute atomic E-state index is 12.1. The molecule has 5 heteroatoms. The molecule has 0 saturated heterocycles. The van der Waals surface area contributed by atoms with Crippen LogP contribution >= 0.6 is 27.5 Å². The second kappa shape index (κ2) is 6.96. The highest BCUT2D eigenvalue weighted by atomic mass is 79.9. The summed E-state index contributed by atoms with van der Waals surface area (Å²) in [6, 6.07) is 12.7. The van der Waals surface area contributed by atoms with Crippen LogP contribution < -0.4 is 10.1 Å². The van der Waals surface area contributed by atoms with Gasteiger partial charge in [-0.05, 0) is 55.8 Å². The third kappa shape index (κ3) is 4.48. The van der Waals surface area contributed by atoms with Crippen LogP contribution in [0.1, 0.15) is 12.5 Å². The molecule has 0 aliphatic carbocycles. The van der Waals surface area contributed by atoms with Crippen LogP contribution in [0.25, 0.3) is 0 Å². The van der Waals surface area contributed by atoms with E-state index in [1.807, 2.05) is 37.3 Å². The number of amides is 1. The highest BCUT2D eigenvalue weighted by Crippen LogP contribution is 2.22. The molecule has 0 saturated carbocycles. The lowest BCUT2D eigenvalue weighted by atomic mass is 10.2. The van der Waals surface area contributed by atoms with Crippen LogP contribution in [0.15, 0.2) is 46.9 Å². The number of carbonyl (C=O) groups is 1. The number of aryl methyl sites for hydroxylation is 1. The predicted octanol–water partition coefficient (Wildman–Crippen LogP) is 4.82. The fraction of sp³-hybridized carbons (Fsp3) is 0.188. The van der Waals surface area contributed by atoms with Gasteiger partial charge in [0.25, 0.3) is 5.91 Å². The SMILES string of the molecule is Cc1cc(O[C@H](C)C(=O)Nc2cccc(Br)c2)ccc1Cl.